The van der Waals surface area contributed by atoms with Gasteiger partial charge in [-0.25, -0.2) is 0 Å². The van der Waals surface area contributed by atoms with Crippen LogP contribution in [0.15, 0.2) is 18.2 Å². The number of halogens is 2. The molecule has 0 bridgehead atoms. The number of carbonyl (C=O) groups is 1. The monoisotopic (exact) mass is 359 g/mol. The number of benzene rings is 1. The van der Waals surface area contributed by atoms with E-state index < -0.39 is 0 Å². The summed E-state index contributed by atoms with van der Waals surface area (Å²) in [6, 6.07) is 4.89. The van der Waals surface area contributed by atoms with Crippen molar-refractivity contribution in [2.24, 2.45) is 11.3 Å². The molecular formula is C16H19Cl2NO4. The zero-order valence-corrected chi connectivity index (χ0v) is 14.1. The van der Waals surface area contributed by atoms with Gasteiger partial charge in [-0.3, -0.25) is 4.79 Å². The number of fused-ring (bicyclic) bond motifs is 1. The van der Waals surface area contributed by atoms with Crippen molar-refractivity contribution in [1.29, 1.82) is 0 Å². The SMILES string of the molecule is O=C(COc1ccc(Cl)c(Cl)c1)N1C[C@@H]2COCC[C@]2(CO)C1. The molecule has 3 rings (SSSR count). The Morgan fingerprint density at radius 2 is 2.26 bits per heavy atom. The molecule has 0 unspecified atom stereocenters. The topological polar surface area (TPSA) is 59.0 Å². The van der Waals surface area contributed by atoms with Crippen molar-refractivity contribution in [2.75, 3.05) is 39.5 Å². The summed E-state index contributed by atoms with van der Waals surface area (Å²) in [5.74, 6) is 0.595. The molecule has 1 aromatic carbocycles. The fourth-order valence-corrected chi connectivity index (χ4v) is 3.59. The molecule has 0 radical (unpaired) electrons. The van der Waals surface area contributed by atoms with Crippen LogP contribution >= 0.6 is 23.2 Å². The summed E-state index contributed by atoms with van der Waals surface area (Å²) in [5, 5.41) is 10.6. The van der Waals surface area contributed by atoms with Gasteiger partial charge in [-0.15, -0.1) is 0 Å². The molecule has 1 aromatic rings. The number of hydrogen-bond acceptors (Lipinski definition) is 4. The van der Waals surface area contributed by atoms with Crippen LogP contribution in [0.5, 0.6) is 5.75 Å². The Balaban J connectivity index is 1.59. The minimum Gasteiger partial charge on any atom is -0.484 e. The molecule has 7 heteroatoms. The van der Waals surface area contributed by atoms with Gasteiger partial charge in [0, 0.05) is 37.1 Å². The largest absolute Gasteiger partial charge is 0.484 e. The van der Waals surface area contributed by atoms with E-state index in [0.29, 0.717) is 42.1 Å². The molecule has 2 aliphatic rings. The van der Waals surface area contributed by atoms with Crippen molar-refractivity contribution in [3.63, 3.8) is 0 Å². The zero-order chi connectivity index (χ0) is 16.4. The molecule has 23 heavy (non-hydrogen) atoms. The van der Waals surface area contributed by atoms with Crippen molar-refractivity contribution in [3.05, 3.63) is 28.2 Å². The van der Waals surface area contributed by atoms with Crippen molar-refractivity contribution < 1.29 is 19.4 Å². The number of nitrogens with zero attached hydrogens (tertiary/aromatic N) is 1. The van der Waals surface area contributed by atoms with Gasteiger partial charge in [-0.05, 0) is 18.6 Å². The molecule has 5 nitrogen and oxygen atoms in total. The van der Waals surface area contributed by atoms with Crippen molar-refractivity contribution >= 4 is 29.1 Å². The zero-order valence-electron chi connectivity index (χ0n) is 12.6. The molecule has 2 fully saturated rings. The molecule has 2 aliphatic heterocycles. The summed E-state index contributed by atoms with van der Waals surface area (Å²) in [6.07, 6.45) is 0.783. The van der Waals surface area contributed by atoms with E-state index in [-0.39, 0.29) is 30.5 Å². The van der Waals surface area contributed by atoms with E-state index in [1.807, 2.05) is 0 Å². The highest BCUT2D eigenvalue weighted by molar-refractivity contribution is 6.42. The molecule has 0 aromatic heterocycles. The van der Waals surface area contributed by atoms with Crippen LogP contribution in [-0.4, -0.2) is 55.4 Å². The minimum absolute atomic E-state index is 0.0625. The third-order valence-corrected chi connectivity index (χ3v) is 5.54. The second kappa shape index (κ2) is 6.85. The standard InChI is InChI=1S/C16H19Cl2NO4/c17-13-2-1-12(5-14(13)18)23-8-15(21)19-6-11-7-22-4-3-16(11,9-19)10-20/h1-2,5,11,20H,3-4,6-10H2/t11-,16-/m1/s1. The van der Waals surface area contributed by atoms with Crippen LogP contribution in [0.1, 0.15) is 6.42 Å². The van der Waals surface area contributed by atoms with Crippen LogP contribution in [0.2, 0.25) is 10.0 Å². The fourth-order valence-electron chi connectivity index (χ4n) is 3.30. The average Bonchev–Trinajstić information content (AvgIpc) is 2.96. The Bertz CT molecular complexity index is 597. The number of amides is 1. The van der Waals surface area contributed by atoms with Gasteiger partial charge < -0.3 is 19.5 Å². The molecule has 1 amide bonds. The molecule has 0 saturated carbocycles. The lowest BCUT2D eigenvalue weighted by molar-refractivity contribution is -0.132. The molecule has 126 valence electrons. The van der Waals surface area contributed by atoms with E-state index in [9.17, 15) is 9.90 Å². The van der Waals surface area contributed by atoms with Gasteiger partial charge >= 0.3 is 0 Å². The number of aliphatic hydroxyl groups excluding tert-OH is 1. The lowest BCUT2D eigenvalue weighted by atomic mass is 9.75. The highest BCUT2D eigenvalue weighted by Gasteiger charge is 2.49. The van der Waals surface area contributed by atoms with Crippen LogP contribution in [0.25, 0.3) is 0 Å². The van der Waals surface area contributed by atoms with Crippen molar-refractivity contribution in [1.82, 2.24) is 4.90 Å². The molecule has 0 aliphatic carbocycles. The first-order valence-electron chi connectivity index (χ1n) is 7.58. The van der Waals surface area contributed by atoms with E-state index in [0.717, 1.165) is 6.42 Å². The fraction of sp³-hybridized carbons (Fsp3) is 0.562. The Labute approximate surface area is 145 Å². The number of rotatable bonds is 4. The summed E-state index contributed by atoms with van der Waals surface area (Å²) in [6.45, 7) is 2.41. The normalized spacial score (nSPS) is 26.9. The molecule has 0 spiro atoms. The number of ether oxygens (including phenoxy) is 2. The van der Waals surface area contributed by atoms with E-state index in [2.05, 4.69) is 0 Å². The van der Waals surface area contributed by atoms with Gasteiger partial charge in [0.05, 0.1) is 23.3 Å². The van der Waals surface area contributed by atoms with Crippen LogP contribution < -0.4 is 4.74 Å². The van der Waals surface area contributed by atoms with Gasteiger partial charge in [-0.2, -0.15) is 0 Å². The van der Waals surface area contributed by atoms with Gasteiger partial charge in [-0.1, -0.05) is 23.2 Å². The number of carbonyl (C=O) groups excluding carboxylic acids is 1. The number of likely N-dealkylation sites (tertiary alicyclic amines) is 1. The van der Waals surface area contributed by atoms with Gasteiger partial charge in [0.2, 0.25) is 0 Å². The summed E-state index contributed by atoms with van der Waals surface area (Å²) in [5.41, 5.74) is -0.225. The maximum Gasteiger partial charge on any atom is 0.260 e. The molecule has 2 saturated heterocycles. The molecule has 1 N–H and O–H groups in total. The predicted octanol–water partition coefficient (Wildman–Crippen LogP) is 2.23. The highest BCUT2D eigenvalue weighted by atomic mass is 35.5. The summed E-state index contributed by atoms with van der Waals surface area (Å²) < 4.78 is 11.0. The van der Waals surface area contributed by atoms with Crippen LogP contribution in [-0.2, 0) is 9.53 Å². The summed E-state index contributed by atoms with van der Waals surface area (Å²) in [7, 11) is 0. The predicted molar refractivity (Wildman–Crippen MR) is 87.0 cm³/mol. The quantitative estimate of drug-likeness (QED) is 0.895. The van der Waals surface area contributed by atoms with E-state index in [1.165, 1.54) is 0 Å². The van der Waals surface area contributed by atoms with Crippen LogP contribution in [0.3, 0.4) is 0 Å². The van der Waals surface area contributed by atoms with Gasteiger partial charge in [0.15, 0.2) is 6.61 Å². The van der Waals surface area contributed by atoms with Gasteiger partial charge in [0.1, 0.15) is 5.75 Å². The maximum atomic E-state index is 12.4. The third-order valence-electron chi connectivity index (χ3n) is 4.80. The van der Waals surface area contributed by atoms with Crippen LogP contribution in [0.4, 0.5) is 0 Å². The Hall–Kier alpha value is -1.01. The number of hydrogen-bond donors (Lipinski definition) is 1. The first-order valence-corrected chi connectivity index (χ1v) is 8.34. The molecular weight excluding hydrogens is 341 g/mol. The van der Waals surface area contributed by atoms with E-state index >= 15 is 0 Å². The summed E-state index contributed by atoms with van der Waals surface area (Å²) >= 11 is 11.8. The lowest BCUT2D eigenvalue weighted by Crippen LogP contribution is -2.41. The third kappa shape index (κ3) is 3.43. The van der Waals surface area contributed by atoms with Crippen molar-refractivity contribution in [2.45, 2.75) is 6.42 Å². The van der Waals surface area contributed by atoms with E-state index in [4.69, 9.17) is 32.7 Å². The molecule has 2 heterocycles. The second-order valence-corrected chi connectivity index (χ2v) is 7.00. The highest BCUT2D eigenvalue weighted by Crippen LogP contribution is 2.41. The minimum atomic E-state index is -0.225. The maximum absolute atomic E-state index is 12.4. The van der Waals surface area contributed by atoms with E-state index in [1.54, 1.807) is 23.1 Å². The van der Waals surface area contributed by atoms with Gasteiger partial charge in [0.25, 0.3) is 5.91 Å². The first kappa shape index (κ1) is 16.8. The summed E-state index contributed by atoms with van der Waals surface area (Å²) in [4.78, 5) is 14.1. The Morgan fingerprint density at radius 3 is 2.96 bits per heavy atom. The van der Waals surface area contributed by atoms with Crippen molar-refractivity contribution in [3.8, 4) is 5.75 Å². The Kier molecular flexibility index (Phi) is 5.01. The Morgan fingerprint density at radius 1 is 1.43 bits per heavy atom. The van der Waals surface area contributed by atoms with Crippen LogP contribution in [0, 0.1) is 11.3 Å². The lowest BCUT2D eigenvalue weighted by Gasteiger charge is -2.36. The smallest absolute Gasteiger partial charge is 0.260 e. The molecule has 2 atom stereocenters. The number of aliphatic hydroxyl groups is 1. The second-order valence-electron chi connectivity index (χ2n) is 6.18. The first-order chi connectivity index (χ1) is 11.0. The average molecular weight is 360 g/mol.